The monoisotopic (exact) mass is 492 g/mol. The first kappa shape index (κ1) is 18.1. The lowest BCUT2D eigenvalue weighted by atomic mass is 10.3. The molecule has 2 aromatic heterocycles. The topological polar surface area (TPSA) is 74.6 Å². The highest BCUT2D eigenvalue weighted by atomic mass is 79.9. The van der Waals surface area contributed by atoms with Crippen molar-refractivity contribution in [2.45, 2.75) is 24.7 Å². The fraction of sp³-hybridized carbons (Fsp3) is 0.375. The summed E-state index contributed by atoms with van der Waals surface area (Å²) in [4.78, 5) is 23.5. The van der Waals surface area contributed by atoms with Gasteiger partial charge < -0.3 is 10.2 Å². The van der Waals surface area contributed by atoms with E-state index in [2.05, 4.69) is 31.9 Å². The molecule has 0 bridgehead atoms. The number of hydrogen-bond donors (Lipinski definition) is 2. The number of rotatable bonds is 4. The molecule has 2 aliphatic carbocycles. The van der Waals surface area contributed by atoms with E-state index in [4.69, 9.17) is 10.2 Å². The molecule has 2 fully saturated rings. The van der Waals surface area contributed by atoms with Crippen LogP contribution in [0.15, 0.2) is 31.8 Å². The third-order valence-electron chi connectivity index (χ3n) is 4.13. The Bertz CT molecular complexity index is 705. The van der Waals surface area contributed by atoms with Crippen LogP contribution in [0, 0.1) is 11.8 Å². The van der Waals surface area contributed by atoms with Crippen LogP contribution < -0.4 is 0 Å². The van der Waals surface area contributed by atoms with E-state index < -0.39 is 11.9 Å². The van der Waals surface area contributed by atoms with Crippen molar-refractivity contribution in [3.05, 3.63) is 41.6 Å². The zero-order chi connectivity index (χ0) is 17.4. The van der Waals surface area contributed by atoms with Crippen LogP contribution in [-0.2, 0) is 9.59 Å². The number of aliphatic carboxylic acids is 2. The van der Waals surface area contributed by atoms with Crippen LogP contribution >= 0.6 is 54.5 Å². The minimum Gasteiger partial charge on any atom is -0.481 e. The Balaban J connectivity index is 0.000000141. The van der Waals surface area contributed by atoms with Crippen LogP contribution in [0.2, 0.25) is 0 Å². The van der Waals surface area contributed by atoms with Gasteiger partial charge in [0.05, 0.1) is 19.4 Å². The smallest absolute Gasteiger partial charge is 0.307 e. The molecule has 8 heteroatoms. The van der Waals surface area contributed by atoms with Gasteiger partial charge in [-0.05, 0) is 69.0 Å². The molecule has 0 radical (unpaired) electrons. The largest absolute Gasteiger partial charge is 0.481 e. The van der Waals surface area contributed by atoms with Crippen LogP contribution in [0.5, 0.6) is 0 Å². The predicted molar refractivity (Wildman–Crippen MR) is 101 cm³/mol. The molecule has 4 nitrogen and oxygen atoms in total. The number of halogens is 2. The van der Waals surface area contributed by atoms with E-state index >= 15 is 0 Å². The molecule has 4 rings (SSSR count). The highest BCUT2D eigenvalue weighted by Crippen LogP contribution is 2.51. The van der Waals surface area contributed by atoms with Crippen molar-refractivity contribution < 1.29 is 19.8 Å². The maximum Gasteiger partial charge on any atom is 0.307 e. The Kier molecular flexibility index (Phi) is 5.48. The summed E-state index contributed by atoms with van der Waals surface area (Å²) >= 11 is 9.98. The van der Waals surface area contributed by atoms with E-state index in [9.17, 15) is 9.59 Å². The van der Waals surface area contributed by atoms with E-state index in [1.807, 2.05) is 24.3 Å². The van der Waals surface area contributed by atoms with Crippen molar-refractivity contribution in [2.75, 3.05) is 0 Å². The summed E-state index contributed by atoms with van der Waals surface area (Å²) in [7, 11) is 0. The molecule has 128 valence electrons. The fourth-order valence-electron chi connectivity index (χ4n) is 2.62. The Morgan fingerprint density at radius 3 is 1.42 bits per heavy atom. The lowest BCUT2D eigenvalue weighted by molar-refractivity contribution is -0.139. The quantitative estimate of drug-likeness (QED) is 0.598. The van der Waals surface area contributed by atoms with Gasteiger partial charge in [-0.2, -0.15) is 0 Å². The summed E-state index contributed by atoms with van der Waals surface area (Å²) in [6, 6.07) is 7.94. The zero-order valence-electron chi connectivity index (χ0n) is 12.3. The standard InChI is InChI=1S/2C8H7BrO2S/c2*9-7-2-1-6(12-7)4-3-5(4)8(10)11/h2*1-2,4-5H,3H2,(H,10,11)/t2*4-,5-/m10/s1. The minimum atomic E-state index is -0.662. The number of carboxylic acid groups (broad SMARTS) is 2. The Morgan fingerprint density at radius 1 is 0.833 bits per heavy atom. The summed E-state index contributed by atoms with van der Waals surface area (Å²) in [6.07, 6.45) is 1.62. The van der Waals surface area contributed by atoms with Gasteiger partial charge in [-0.25, -0.2) is 0 Å². The average molecular weight is 494 g/mol. The summed E-state index contributed by atoms with van der Waals surface area (Å²) in [5.74, 6) is -1.03. The second-order valence-corrected chi connectivity index (χ2v) is 10.8. The lowest BCUT2D eigenvalue weighted by Crippen LogP contribution is -1.97. The van der Waals surface area contributed by atoms with Gasteiger partial charge >= 0.3 is 11.9 Å². The molecule has 0 aliphatic heterocycles. The van der Waals surface area contributed by atoms with Crippen molar-refractivity contribution >= 4 is 66.5 Å². The third-order valence-corrected chi connectivity index (χ3v) is 7.65. The lowest BCUT2D eigenvalue weighted by Gasteiger charge is -1.89. The van der Waals surface area contributed by atoms with Crippen LogP contribution in [0.4, 0.5) is 0 Å². The number of thiophene rings is 2. The molecule has 4 atom stereocenters. The van der Waals surface area contributed by atoms with Gasteiger partial charge in [0.2, 0.25) is 0 Å². The molecule has 2 heterocycles. The molecule has 0 saturated heterocycles. The number of hydrogen-bond acceptors (Lipinski definition) is 4. The molecule has 0 amide bonds. The first-order chi connectivity index (χ1) is 11.4. The highest BCUT2D eigenvalue weighted by Gasteiger charge is 2.45. The van der Waals surface area contributed by atoms with Gasteiger partial charge in [0.25, 0.3) is 0 Å². The molecule has 2 aromatic rings. The molecule has 2 aliphatic rings. The van der Waals surface area contributed by atoms with E-state index in [1.165, 1.54) is 9.75 Å². The normalized spacial score (nSPS) is 27.1. The minimum absolute atomic E-state index is 0.129. The van der Waals surface area contributed by atoms with E-state index in [-0.39, 0.29) is 23.7 Å². The van der Waals surface area contributed by atoms with Gasteiger partial charge in [0.15, 0.2) is 0 Å². The number of carboxylic acids is 2. The van der Waals surface area contributed by atoms with Gasteiger partial charge in [-0.1, -0.05) is 0 Å². The van der Waals surface area contributed by atoms with Gasteiger partial charge in [0, 0.05) is 21.6 Å². The van der Waals surface area contributed by atoms with Crippen LogP contribution in [0.1, 0.15) is 34.4 Å². The van der Waals surface area contributed by atoms with E-state index in [1.54, 1.807) is 22.7 Å². The van der Waals surface area contributed by atoms with Crippen molar-refractivity contribution in [1.82, 2.24) is 0 Å². The Hall–Kier alpha value is -0.700. The molecule has 0 aromatic carbocycles. The van der Waals surface area contributed by atoms with Crippen molar-refractivity contribution in [2.24, 2.45) is 11.8 Å². The summed E-state index contributed by atoms with van der Waals surface area (Å²) in [6.45, 7) is 0. The Labute approximate surface area is 163 Å². The molecule has 0 unspecified atom stereocenters. The number of carbonyl (C=O) groups is 2. The van der Waals surface area contributed by atoms with E-state index in [0.29, 0.717) is 0 Å². The summed E-state index contributed by atoms with van der Waals surface area (Å²) in [5.41, 5.74) is 0. The zero-order valence-corrected chi connectivity index (χ0v) is 17.1. The maximum atomic E-state index is 10.5. The molecule has 2 N–H and O–H groups in total. The second kappa shape index (κ2) is 7.27. The molecular formula is C16H14Br2O4S2. The third kappa shape index (κ3) is 4.28. The highest BCUT2D eigenvalue weighted by molar-refractivity contribution is 9.11. The summed E-state index contributed by atoms with van der Waals surface area (Å²) < 4.78 is 2.15. The maximum absolute atomic E-state index is 10.5. The van der Waals surface area contributed by atoms with Crippen LogP contribution in [-0.4, -0.2) is 22.2 Å². The fourth-order valence-corrected chi connectivity index (χ4v) is 5.82. The predicted octanol–water partition coefficient (Wildman–Crippen LogP) is 5.40. The van der Waals surface area contributed by atoms with Gasteiger partial charge in [-0.15, -0.1) is 22.7 Å². The second-order valence-electron chi connectivity index (χ2n) is 5.86. The van der Waals surface area contributed by atoms with E-state index in [0.717, 1.165) is 20.4 Å². The van der Waals surface area contributed by atoms with Crippen LogP contribution in [0.25, 0.3) is 0 Å². The van der Waals surface area contributed by atoms with Crippen molar-refractivity contribution in [3.63, 3.8) is 0 Å². The van der Waals surface area contributed by atoms with Gasteiger partial charge in [0.1, 0.15) is 0 Å². The molecule has 24 heavy (non-hydrogen) atoms. The first-order valence-electron chi connectivity index (χ1n) is 7.33. The first-order valence-corrected chi connectivity index (χ1v) is 10.5. The van der Waals surface area contributed by atoms with Crippen molar-refractivity contribution in [3.8, 4) is 0 Å². The van der Waals surface area contributed by atoms with Crippen LogP contribution in [0.3, 0.4) is 0 Å². The summed E-state index contributed by atoms with van der Waals surface area (Å²) in [5, 5.41) is 17.4. The SMILES string of the molecule is O=C(O)[C@@H]1C[C@H]1c1ccc(Br)s1.O=C(O)[C@H]1C[C@@H]1c1ccc(Br)s1. The average Bonchev–Trinajstić information content (AvgIpc) is 3.41. The molecule has 2 saturated carbocycles. The Morgan fingerprint density at radius 2 is 1.21 bits per heavy atom. The van der Waals surface area contributed by atoms with Gasteiger partial charge in [-0.3, -0.25) is 9.59 Å². The molecule has 0 spiro atoms. The molecular weight excluding hydrogens is 480 g/mol. The van der Waals surface area contributed by atoms with Crippen molar-refractivity contribution in [1.29, 1.82) is 0 Å².